The number of methoxy groups -OCH3 is 1. The maximum absolute atomic E-state index is 11.3. The summed E-state index contributed by atoms with van der Waals surface area (Å²) < 4.78 is 5.31. The van der Waals surface area contributed by atoms with Gasteiger partial charge in [-0.2, -0.15) is 0 Å². The summed E-state index contributed by atoms with van der Waals surface area (Å²) in [7, 11) is 1.72. The maximum atomic E-state index is 11.3. The fourth-order valence-corrected chi connectivity index (χ4v) is 2.35. The molecule has 0 aliphatic carbocycles. The quantitative estimate of drug-likeness (QED) is 0.884. The van der Waals surface area contributed by atoms with Crippen LogP contribution in [0.5, 0.6) is 0 Å². The highest BCUT2D eigenvalue weighted by Crippen LogP contribution is 2.24. The number of pyridine rings is 1. The topological polar surface area (TPSA) is 62.7 Å². The van der Waals surface area contributed by atoms with E-state index >= 15 is 0 Å². The third-order valence-corrected chi connectivity index (χ3v) is 3.43. The van der Waals surface area contributed by atoms with Gasteiger partial charge in [-0.15, -0.1) is 0 Å². The molecule has 18 heavy (non-hydrogen) atoms. The summed E-state index contributed by atoms with van der Waals surface area (Å²) in [4.78, 5) is 17.6. The molecule has 2 rings (SSSR count). The zero-order valence-corrected chi connectivity index (χ0v) is 10.7. The number of hydrogen-bond donors (Lipinski definition) is 1. The van der Waals surface area contributed by atoms with Crippen molar-refractivity contribution in [1.29, 1.82) is 0 Å². The molecule has 5 heteroatoms. The lowest BCUT2D eigenvalue weighted by atomic mass is 10.1. The van der Waals surface area contributed by atoms with Crippen LogP contribution in [0.2, 0.25) is 0 Å². The standard InChI is InChI=1S/C13H18N2O3/c1-9-3-6-14-12(11(9)13(16)17)15-7-4-10(18-2)5-8-15/h3,6,10H,4-5,7-8H2,1-2H3,(H,16,17). The normalized spacial score (nSPS) is 16.9. The van der Waals surface area contributed by atoms with Crippen molar-refractivity contribution in [3.05, 3.63) is 23.4 Å². The summed E-state index contributed by atoms with van der Waals surface area (Å²) in [6.07, 6.45) is 3.76. The molecule has 0 aromatic carbocycles. The van der Waals surface area contributed by atoms with Crippen LogP contribution in [0, 0.1) is 6.92 Å². The molecular formula is C13H18N2O3. The van der Waals surface area contributed by atoms with Crippen LogP contribution < -0.4 is 4.90 Å². The maximum Gasteiger partial charge on any atom is 0.339 e. The fourth-order valence-electron chi connectivity index (χ4n) is 2.35. The van der Waals surface area contributed by atoms with Crippen molar-refractivity contribution in [2.75, 3.05) is 25.1 Å². The summed E-state index contributed by atoms with van der Waals surface area (Å²) in [5.41, 5.74) is 1.06. The van der Waals surface area contributed by atoms with Crippen molar-refractivity contribution in [2.24, 2.45) is 0 Å². The van der Waals surface area contributed by atoms with Crippen molar-refractivity contribution >= 4 is 11.8 Å². The monoisotopic (exact) mass is 250 g/mol. The zero-order valence-electron chi connectivity index (χ0n) is 10.7. The van der Waals surface area contributed by atoms with Crippen LogP contribution in [0.3, 0.4) is 0 Å². The molecular weight excluding hydrogens is 232 g/mol. The number of hydrogen-bond acceptors (Lipinski definition) is 4. The first-order chi connectivity index (χ1) is 8.63. The molecule has 0 spiro atoms. The van der Waals surface area contributed by atoms with Crippen LogP contribution in [0.15, 0.2) is 12.3 Å². The van der Waals surface area contributed by atoms with E-state index in [0.717, 1.165) is 31.5 Å². The molecule has 1 aromatic rings. The fraction of sp³-hybridized carbons (Fsp3) is 0.538. The number of nitrogens with zero attached hydrogens (tertiary/aromatic N) is 2. The number of aryl methyl sites for hydroxylation is 1. The van der Waals surface area contributed by atoms with Crippen molar-refractivity contribution < 1.29 is 14.6 Å². The van der Waals surface area contributed by atoms with E-state index in [-0.39, 0.29) is 6.10 Å². The van der Waals surface area contributed by atoms with Crippen LogP contribution in [-0.2, 0) is 4.74 Å². The minimum absolute atomic E-state index is 0.277. The number of ether oxygens (including phenoxy) is 1. The van der Waals surface area contributed by atoms with Crippen molar-refractivity contribution in [2.45, 2.75) is 25.9 Å². The molecule has 0 atom stereocenters. The Balaban J connectivity index is 2.24. The Kier molecular flexibility index (Phi) is 3.81. The smallest absolute Gasteiger partial charge is 0.339 e. The molecule has 5 nitrogen and oxygen atoms in total. The Bertz CT molecular complexity index is 440. The van der Waals surface area contributed by atoms with Gasteiger partial charge in [0, 0.05) is 26.4 Å². The molecule has 1 aliphatic heterocycles. The van der Waals surface area contributed by atoms with Crippen LogP contribution in [0.25, 0.3) is 0 Å². The third kappa shape index (κ3) is 2.46. The minimum atomic E-state index is -0.913. The number of piperidine rings is 1. The largest absolute Gasteiger partial charge is 0.478 e. The predicted octanol–water partition coefficient (Wildman–Crippen LogP) is 1.70. The molecule has 0 bridgehead atoms. The van der Waals surface area contributed by atoms with Crippen LogP contribution in [-0.4, -0.2) is 42.4 Å². The van der Waals surface area contributed by atoms with Crippen LogP contribution >= 0.6 is 0 Å². The summed E-state index contributed by atoms with van der Waals surface area (Å²) in [6.45, 7) is 3.38. The van der Waals surface area contributed by atoms with Crippen molar-refractivity contribution in [1.82, 2.24) is 4.98 Å². The summed E-state index contributed by atoms with van der Waals surface area (Å²) in [6, 6.07) is 1.73. The minimum Gasteiger partial charge on any atom is -0.478 e. The lowest BCUT2D eigenvalue weighted by Gasteiger charge is -2.32. The van der Waals surface area contributed by atoms with E-state index < -0.39 is 5.97 Å². The second kappa shape index (κ2) is 5.35. The average molecular weight is 250 g/mol. The molecule has 0 radical (unpaired) electrons. The van der Waals surface area contributed by atoms with E-state index in [2.05, 4.69) is 4.98 Å². The molecule has 0 unspecified atom stereocenters. The molecule has 1 N–H and O–H groups in total. The Morgan fingerprint density at radius 1 is 1.50 bits per heavy atom. The van der Waals surface area contributed by atoms with E-state index in [1.54, 1.807) is 26.3 Å². The van der Waals surface area contributed by atoms with Gasteiger partial charge in [-0.25, -0.2) is 9.78 Å². The molecule has 1 fully saturated rings. The van der Waals surface area contributed by atoms with Gasteiger partial charge in [-0.05, 0) is 31.4 Å². The Morgan fingerprint density at radius 3 is 2.72 bits per heavy atom. The number of anilines is 1. The highest BCUT2D eigenvalue weighted by molar-refractivity contribution is 5.94. The summed E-state index contributed by atoms with van der Waals surface area (Å²) in [5, 5.41) is 9.28. The predicted molar refractivity (Wildman–Crippen MR) is 68.2 cm³/mol. The zero-order chi connectivity index (χ0) is 13.1. The Morgan fingerprint density at radius 2 is 2.17 bits per heavy atom. The first-order valence-electron chi connectivity index (χ1n) is 6.10. The number of carboxylic acids is 1. The van der Waals surface area contributed by atoms with E-state index in [1.165, 1.54) is 0 Å². The first kappa shape index (κ1) is 12.8. The van der Waals surface area contributed by atoms with Crippen LogP contribution in [0.4, 0.5) is 5.82 Å². The van der Waals surface area contributed by atoms with Gasteiger partial charge < -0.3 is 14.7 Å². The first-order valence-corrected chi connectivity index (χ1v) is 6.10. The second-order valence-corrected chi connectivity index (χ2v) is 4.55. The highest BCUT2D eigenvalue weighted by Gasteiger charge is 2.24. The van der Waals surface area contributed by atoms with Crippen LogP contribution in [0.1, 0.15) is 28.8 Å². The molecule has 1 saturated heterocycles. The van der Waals surface area contributed by atoms with E-state index in [1.807, 2.05) is 4.90 Å². The SMILES string of the molecule is COC1CCN(c2nccc(C)c2C(=O)O)CC1. The second-order valence-electron chi connectivity index (χ2n) is 4.55. The molecule has 2 heterocycles. The molecule has 0 amide bonds. The molecule has 1 aromatic heterocycles. The molecule has 0 saturated carbocycles. The van der Waals surface area contributed by atoms with E-state index in [9.17, 15) is 9.90 Å². The van der Waals surface area contributed by atoms with Crippen molar-refractivity contribution in [3.63, 3.8) is 0 Å². The Hall–Kier alpha value is -1.62. The van der Waals surface area contributed by atoms with Gasteiger partial charge in [0.05, 0.1) is 6.10 Å². The number of carbonyl (C=O) groups is 1. The lowest BCUT2D eigenvalue weighted by Crippen LogP contribution is -2.38. The average Bonchev–Trinajstić information content (AvgIpc) is 2.38. The molecule has 1 aliphatic rings. The number of aromatic nitrogens is 1. The number of aromatic carboxylic acids is 1. The third-order valence-electron chi connectivity index (χ3n) is 3.43. The van der Waals surface area contributed by atoms with Gasteiger partial charge in [-0.3, -0.25) is 0 Å². The van der Waals surface area contributed by atoms with E-state index in [0.29, 0.717) is 11.4 Å². The summed E-state index contributed by atoms with van der Waals surface area (Å²) >= 11 is 0. The van der Waals surface area contributed by atoms with Gasteiger partial charge in [0.2, 0.25) is 0 Å². The van der Waals surface area contributed by atoms with E-state index in [4.69, 9.17) is 4.74 Å². The number of carboxylic acid groups (broad SMARTS) is 1. The van der Waals surface area contributed by atoms with Gasteiger partial charge in [0.1, 0.15) is 11.4 Å². The summed E-state index contributed by atoms with van der Waals surface area (Å²) in [5.74, 6) is -0.332. The van der Waals surface area contributed by atoms with Gasteiger partial charge in [-0.1, -0.05) is 0 Å². The van der Waals surface area contributed by atoms with Crippen molar-refractivity contribution in [3.8, 4) is 0 Å². The molecule has 98 valence electrons. The lowest BCUT2D eigenvalue weighted by molar-refractivity contribution is 0.0695. The Labute approximate surface area is 106 Å². The number of rotatable bonds is 3. The van der Waals surface area contributed by atoms with Gasteiger partial charge in [0.25, 0.3) is 0 Å². The van der Waals surface area contributed by atoms with Gasteiger partial charge in [0.15, 0.2) is 0 Å². The van der Waals surface area contributed by atoms with Gasteiger partial charge >= 0.3 is 5.97 Å². The highest BCUT2D eigenvalue weighted by atomic mass is 16.5.